The second-order valence-corrected chi connectivity index (χ2v) is 2.97. The molecule has 0 aliphatic carbocycles. The van der Waals surface area contributed by atoms with Gasteiger partial charge in [0.1, 0.15) is 5.78 Å². The van der Waals surface area contributed by atoms with Crippen LogP contribution in [0.1, 0.15) is 19.8 Å². The van der Waals surface area contributed by atoms with Crippen LogP contribution in [0.15, 0.2) is 12.2 Å². The summed E-state index contributed by atoms with van der Waals surface area (Å²) in [6, 6.07) is 0. The Bertz CT molecular complexity index is 138. The first-order valence-corrected chi connectivity index (χ1v) is 3.92. The van der Waals surface area contributed by atoms with Crippen LogP contribution in [0.4, 0.5) is 0 Å². The number of hydrogen-bond acceptors (Lipinski definition) is 2. The van der Waals surface area contributed by atoms with Crippen LogP contribution >= 0.6 is 0 Å². The quantitative estimate of drug-likeness (QED) is 0.560. The summed E-state index contributed by atoms with van der Waals surface area (Å²) in [4.78, 5) is 12.6. The van der Waals surface area contributed by atoms with Crippen LogP contribution in [-0.2, 0) is 4.79 Å². The first kappa shape index (κ1) is 10.4. The standard InChI is InChI=1S/C9H17NO/c1-9(11)7-5-4-6-8-10(2)3/h4,6H,5,7-8H2,1-3H3/b6-4+. The van der Waals surface area contributed by atoms with Gasteiger partial charge in [-0.25, -0.2) is 0 Å². The van der Waals surface area contributed by atoms with Crippen LogP contribution in [0.3, 0.4) is 0 Å². The molecule has 0 rings (SSSR count). The first-order valence-electron chi connectivity index (χ1n) is 3.92. The Morgan fingerprint density at radius 3 is 2.45 bits per heavy atom. The number of rotatable bonds is 5. The lowest BCUT2D eigenvalue weighted by Crippen LogP contribution is -2.10. The Hall–Kier alpha value is -0.630. The van der Waals surface area contributed by atoms with E-state index in [2.05, 4.69) is 17.1 Å². The Labute approximate surface area is 68.9 Å². The SMILES string of the molecule is CC(=O)CC/C=C/CN(C)C. The van der Waals surface area contributed by atoms with E-state index in [1.54, 1.807) is 6.92 Å². The van der Waals surface area contributed by atoms with E-state index in [0.717, 1.165) is 13.0 Å². The summed E-state index contributed by atoms with van der Waals surface area (Å²) in [5.41, 5.74) is 0. The number of nitrogens with zero attached hydrogens (tertiary/aromatic N) is 1. The third-order valence-electron chi connectivity index (χ3n) is 1.30. The van der Waals surface area contributed by atoms with Crippen LogP contribution < -0.4 is 0 Å². The normalized spacial score (nSPS) is 11.3. The van der Waals surface area contributed by atoms with Gasteiger partial charge in [0.05, 0.1) is 0 Å². The number of likely N-dealkylation sites (N-methyl/N-ethyl adjacent to an activating group) is 1. The van der Waals surface area contributed by atoms with Crippen molar-refractivity contribution in [3.8, 4) is 0 Å². The number of carbonyl (C=O) groups is 1. The molecule has 64 valence electrons. The highest BCUT2D eigenvalue weighted by Crippen LogP contribution is 1.91. The highest BCUT2D eigenvalue weighted by Gasteiger charge is 1.88. The molecule has 0 aliphatic rings. The third kappa shape index (κ3) is 9.37. The molecular formula is C9H17NO. The molecule has 0 unspecified atom stereocenters. The highest BCUT2D eigenvalue weighted by atomic mass is 16.1. The topological polar surface area (TPSA) is 20.3 Å². The number of ketones is 1. The van der Waals surface area contributed by atoms with Crippen molar-refractivity contribution in [1.82, 2.24) is 4.90 Å². The summed E-state index contributed by atoms with van der Waals surface area (Å²) in [5, 5.41) is 0. The Morgan fingerprint density at radius 2 is 2.00 bits per heavy atom. The van der Waals surface area contributed by atoms with Gasteiger partial charge in [-0.15, -0.1) is 0 Å². The second-order valence-electron chi connectivity index (χ2n) is 2.97. The predicted molar refractivity (Wildman–Crippen MR) is 47.6 cm³/mol. The molecule has 0 aliphatic heterocycles. The molecule has 0 amide bonds. The van der Waals surface area contributed by atoms with Crippen molar-refractivity contribution in [1.29, 1.82) is 0 Å². The van der Waals surface area contributed by atoms with Crippen LogP contribution in [0.2, 0.25) is 0 Å². The highest BCUT2D eigenvalue weighted by molar-refractivity contribution is 5.75. The molecule has 0 N–H and O–H groups in total. The van der Waals surface area contributed by atoms with E-state index < -0.39 is 0 Å². The lowest BCUT2D eigenvalue weighted by Gasteiger charge is -2.02. The summed E-state index contributed by atoms with van der Waals surface area (Å²) in [7, 11) is 4.05. The molecule has 2 heteroatoms. The zero-order chi connectivity index (χ0) is 8.69. The van der Waals surface area contributed by atoms with Crippen LogP contribution in [-0.4, -0.2) is 31.3 Å². The minimum Gasteiger partial charge on any atom is -0.306 e. The molecular weight excluding hydrogens is 138 g/mol. The number of carbonyl (C=O) groups excluding carboxylic acids is 1. The molecule has 0 aromatic rings. The monoisotopic (exact) mass is 155 g/mol. The van der Waals surface area contributed by atoms with E-state index in [4.69, 9.17) is 0 Å². The fourth-order valence-electron chi connectivity index (χ4n) is 0.690. The fraction of sp³-hybridized carbons (Fsp3) is 0.667. The summed E-state index contributed by atoms with van der Waals surface area (Å²) in [6.07, 6.45) is 5.69. The van der Waals surface area contributed by atoms with E-state index in [0.29, 0.717) is 6.42 Å². The molecule has 0 saturated heterocycles. The van der Waals surface area contributed by atoms with Crippen LogP contribution in [0.25, 0.3) is 0 Å². The van der Waals surface area contributed by atoms with Gasteiger partial charge in [-0.3, -0.25) is 0 Å². The van der Waals surface area contributed by atoms with Gasteiger partial charge >= 0.3 is 0 Å². The van der Waals surface area contributed by atoms with Gasteiger partial charge in [-0.2, -0.15) is 0 Å². The lowest BCUT2D eigenvalue weighted by molar-refractivity contribution is -0.116. The van der Waals surface area contributed by atoms with Crippen molar-refractivity contribution in [2.45, 2.75) is 19.8 Å². The number of hydrogen-bond donors (Lipinski definition) is 0. The average molecular weight is 155 g/mol. The lowest BCUT2D eigenvalue weighted by atomic mass is 10.2. The predicted octanol–water partition coefficient (Wildman–Crippen LogP) is 1.47. The second kappa shape index (κ2) is 6.10. The first-order chi connectivity index (χ1) is 5.13. The Balaban J connectivity index is 3.23. The van der Waals surface area contributed by atoms with E-state index >= 15 is 0 Å². The van der Waals surface area contributed by atoms with Gasteiger partial charge in [-0.05, 0) is 27.4 Å². The van der Waals surface area contributed by atoms with Gasteiger partial charge in [-0.1, -0.05) is 12.2 Å². The van der Waals surface area contributed by atoms with E-state index in [1.165, 1.54) is 0 Å². The molecule has 0 atom stereocenters. The van der Waals surface area contributed by atoms with Gasteiger partial charge in [0.15, 0.2) is 0 Å². The van der Waals surface area contributed by atoms with Crippen molar-refractivity contribution in [3.05, 3.63) is 12.2 Å². The van der Waals surface area contributed by atoms with Crippen LogP contribution in [0.5, 0.6) is 0 Å². The van der Waals surface area contributed by atoms with Crippen molar-refractivity contribution >= 4 is 5.78 Å². The maximum Gasteiger partial charge on any atom is 0.130 e. The van der Waals surface area contributed by atoms with E-state index in [1.807, 2.05) is 14.1 Å². The van der Waals surface area contributed by atoms with Crippen molar-refractivity contribution in [3.63, 3.8) is 0 Å². The Morgan fingerprint density at radius 1 is 1.36 bits per heavy atom. The molecule has 0 radical (unpaired) electrons. The molecule has 0 aromatic carbocycles. The maximum atomic E-state index is 10.5. The summed E-state index contributed by atoms with van der Waals surface area (Å²) < 4.78 is 0. The molecule has 0 spiro atoms. The molecule has 11 heavy (non-hydrogen) atoms. The molecule has 0 aromatic heterocycles. The molecule has 0 bridgehead atoms. The van der Waals surface area contributed by atoms with Gasteiger partial charge < -0.3 is 9.69 Å². The van der Waals surface area contributed by atoms with Gasteiger partial charge in [0.2, 0.25) is 0 Å². The summed E-state index contributed by atoms with van der Waals surface area (Å²) in [6.45, 7) is 2.58. The minimum absolute atomic E-state index is 0.263. The van der Waals surface area contributed by atoms with Crippen molar-refractivity contribution < 1.29 is 4.79 Å². The fourth-order valence-corrected chi connectivity index (χ4v) is 0.690. The van der Waals surface area contributed by atoms with Gasteiger partial charge in [0.25, 0.3) is 0 Å². The zero-order valence-corrected chi connectivity index (χ0v) is 7.63. The largest absolute Gasteiger partial charge is 0.306 e. The van der Waals surface area contributed by atoms with E-state index in [9.17, 15) is 4.79 Å². The molecule has 0 fully saturated rings. The van der Waals surface area contributed by atoms with Crippen LogP contribution in [0, 0.1) is 0 Å². The maximum absolute atomic E-state index is 10.5. The smallest absolute Gasteiger partial charge is 0.130 e. The zero-order valence-electron chi connectivity index (χ0n) is 7.63. The number of allylic oxidation sites excluding steroid dienone is 1. The number of Topliss-reactive ketones (excluding diaryl/α,β-unsaturated/α-hetero) is 1. The molecule has 0 saturated carbocycles. The Kier molecular flexibility index (Phi) is 5.75. The summed E-state index contributed by atoms with van der Waals surface area (Å²) >= 11 is 0. The summed E-state index contributed by atoms with van der Waals surface area (Å²) in [5.74, 6) is 0.263. The molecule has 2 nitrogen and oxygen atoms in total. The van der Waals surface area contributed by atoms with E-state index in [-0.39, 0.29) is 5.78 Å². The van der Waals surface area contributed by atoms with Crippen molar-refractivity contribution in [2.24, 2.45) is 0 Å². The average Bonchev–Trinajstić information content (AvgIpc) is 1.85. The van der Waals surface area contributed by atoms with Gasteiger partial charge in [0, 0.05) is 13.0 Å². The minimum atomic E-state index is 0.263. The molecule has 0 heterocycles. The van der Waals surface area contributed by atoms with Crippen molar-refractivity contribution in [2.75, 3.05) is 20.6 Å². The third-order valence-corrected chi connectivity index (χ3v) is 1.30.